The molecule has 3 aromatic rings. The van der Waals surface area contributed by atoms with Gasteiger partial charge < -0.3 is 10.1 Å². The van der Waals surface area contributed by atoms with Crippen LogP contribution in [0, 0.1) is 22.0 Å². The van der Waals surface area contributed by atoms with Crippen molar-refractivity contribution >= 4 is 34.6 Å². The third-order valence-corrected chi connectivity index (χ3v) is 6.66. The van der Waals surface area contributed by atoms with Crippen LogP contribution in [0.5, 0.6) is 5.75 Å². The number of rotatable bonds is 7. The molecule has 1 heterocycles. The van der Waals surface area contributed by atoms with Crippen LogP contribution < -0.4 is 15.0 Å². The van der Waals surface area contributed by atoms with Crippen LogP contribution in [0.3, 0.4) is 0 Å². The van der Waals surface area contributed by atoms with Crippen LogP contribution in [0.4, 0.5) is 22.7 Å². The van der Waals surface area contributed by atoms with E-state index in [0.717, 1.165) is 23.3 Å². The van der Waals surface area contributed by atoms with E-state index in [-0.39, 0.29) is 40.7 Å². The van der Waals surface area contributed by atoms with Crippen LogP contribution in [0.2, 0.25) is 0 Å². The molecule has 1 aliphatic heterocycles. The highest BCUT2D eigenvalue weighted by molar-refractivity contribution is 6.22. The molecule has 8 nitrogen and oxygen atoms in total. The Bertz CT molecular complexity index is 1240. The average molecular weight is 472 g/mol. The lowest BCUT2D eigenvalue weighted by atomic mass is 9.81. The van der Waals surface area contributed by atoms with Crippen LogP contribution in [0.15, 0.2) is 72.8 Å². The maximum absolute atomic E-state index is 12.9. The Balaban J connectivity index is 1.32. The summed E-state index contributed by atoms with van der Waals surface area (Å²) in [5.74, 6) is -0.440. The van der Waals surface area contributed by atoms with Crippen molar-refractivity contribution in [3.63, 3.8) is 0 Å². The Morgan fingerprint density at radius 2 is 1.57 bits per heavy atom. The Morgan fingerprint density at radius 1 is 0.914 bits per heavy atom. The number of nitrogens with zero attached hydrogens (tertiary/aromatic N) is 2. The Labute approximate surface area is 202 Å². The molecule has 1 saturated heterocycles. The molecule has 2 amide bonds. The van der Waals surface area contributed by atoms with E-state index in [1.54, 1.807) is 30.3 Å². The number of nitrogens with one attached hydrogen (secondary N) is 1. The quantitative estimate of drug-likeness (QED) is 0.274. The van der Waals surface area contributed by atoms with E-state index in [9.17, 15) is 19.7 Å². The van der Waals surface area contributed by atoms with Gasteiger partial charge >= 0.3 is 0 Å². The third kappa shape index (κ3) is 4.59. The van der Waals surface area contributed by atoms with Crippen LogP contribution in [-0.2, 0) is 16.2 Å². The molecule has 2 fully saturated rings. The zero-order valence-corrected chi connectivity index (χ0v) is 19.1. The molecule has 8 heteroatoms. The Morgan fingerprint density at radius 3 is 2.20 bits per heavy atom. The highest BCUT2D eigenvalue weighted by Crippen LogP contribution is 2.41. The lowest BCUT2D eigenvalue weighted by Crippen LogP contribution is -2.30. The number of hydrogen-bond donors (Lipinski definition) is 1. The SMILES string of the molecule is O=C1[C@H]2CCCC[C@H]2C(=O)N1c1ccc(Nc2ccc(OCc3ccccc3)cc2)c([N+](=O)[O-])c1. The van der Waals surface area contributed by atoms with E-state index in [1.165, 1.54) is 12.1 Å². The third-order valence-electron chi connectivity index (χ3n) is 6.66. The zero-order valence-electron chi connectivity index (χ0n) is 19.1. The van der Waals surface area contributed by atoms with Gasteiger partial charge in [-0.1, -0.05) is 43.2 Å². The van der Waals surface area contributed by atoms with Crippen LogP contribution in [0.1, 0.15) is 31.2 Å². The lowest BCUT2D eigenvalue weighted by molar-refractivity contribution is -0.383. The van der Waals surface area contributed by atoms with Crippen molar-refractivity contribution in [3.8, 4) is 5.75 Å². The topological polar surface area (TPSA) is 102 Å². The molecule has 0 radical (unpaired) electrons. The summed E-state index contributed by atoms with van der Waals surface area (Å²) >= 11 is 0. The average Bonchev–Trinajstić information content (AvgIpc) is 3.14. The number of ether oxygens (including phenoxy) is 1. The lowest BCUT2D eigenvalue weighted by Gasteiger charge is -2.19. The number of fused-ring (bicyclic) bond motifs is 1. The molecule has 5 rings (SSSR count). The van der Waals surface area contributed by atoms with Crippen molar-refractivity contribution in [1.82, 2.24) is 0 Å². The second-order valence-electron chi connectivity index (χ2n) is 8.89. The summed E-state index contributed by atoms with van der Waals surface area (Å²) in [6.07, 6.45) is 3.23. The Kier molecular flexibility index (Phi) is 6.18. The van der Waals surface area contributed by atoms with Gasteiger partial charge in [0.25, 0.3) is 5.69 Å². The van der Waals surface area contributed by atoms with Crippen LogP contribution in [0.25, 0.3) is 0 Å². The number of imide groups is 1. The van der Waals surface area contributed by atoms with E-state index < -0.39 is 4.92 Å². The highest BCUT2D eigenvalue weighted by Gasteiger charge is 2.49. The number of nitro groups is 1. The van der Waals surface area contributed by atoms with Crippen molar-refractivity contribution in [2.24, 2.45) is 11.8 Å². The monoisotopic (exact) mass is 471 g/mol. The predicted molar refractivity (Wildman–Crippen MR) is 132 cm³/mol. The summed E-state index contributed by atoms with van der Waals surface area (Å²) in [5.41, 5.74) is 2.01. The first kappa shape index (κ1) is 22.6. The minimum absolute atomic E-state index is 0.206. The molecular weight excluding hydrogens is 446 g/mol. The van der Waals surface area contributed by atoms with Gasteiger partial charge in [-0.2, -0.15) is 0 Å². The minimum Gasteiger partial charge on any atom is -0.489 e. The van der Waals surface area contributed by atoms with Gasteiger partial charge in [-0.05, 0) is 54.8 Å². The largest absolute Gasteiger partial charge is 0.489 e. The zero-order chi connectivity index (χ0) is 24.4. The van der Waals surface area contributed by atoms with E-state index >= 15 is 0 Å². The number of benzene rings is 3. The Hall–Kier alpha value is -4.20. The molecule has 1 aliphatic carbocycles. The molecular formula is C27H25N3O5. The van der Waals surface area contributed by atoms with Gasteiger partial charge in [0, 0.05) is 11.8 Å². The molecule has 3 aromatic carbocycles. The van der Waals surface area contributed by atoms with E-state index in [0.29, 0.717) is 30.9 Å². The molecule has 178 valence electrons. The molecule has 1 saturated carbocycles. The fourth-order valence-corrected chi connectivity index (χ4v) is 4.86. The van der Waals surface area contributed by atoms with Crippen LogP contribution in [-0.4, -0.2) is 16.7 Å². The number of hydrogen-bond acceptors (Lipinski definition) is 6. The van der Waals surface area contributed by atoms with Gasteiger partial charge in [0.05, 0.1) is 22.4 Å². The maximum Gasteiger partial charge on any atom is 0.294 e. The van der Waals surface area contributed by atoms with Crippen molar-refractivity contribution in [2.45, 2.75) is 32.3 Å². The molecule has 0 aromatic heterocycles. The second kappa shape index (κ2) is 9.58. The summed E-state index contributed by atoms with van der Waals surface area (Å²) in [6, 6.07) is 21.4. The smallest absolute Gasteiger partial charge is 0.294 e. The van der Waals surface area contributed by atoms with Crippen molar-refractivity contribution in [3.05, 3.63) is 88.5 Å². The summed E-state index contributed by atoms with van der Waals surface area (Å²) < 4.78 is 5.79. The summed E-state index contributed by atoms with van der Waals surface area (Å²) in [6.45, 7) is 0.441. The number of carbonyl (C=O) groups is 2. The molecule has 1 N–H and O–H groups in total. The fourth-order valence-electron chi connectivity index (χ4n) is 4.86. The van der Waals surface area contributed by atoms with Gasteiger partial charge in [-0.25, -0.2) is 4.90 Å². The predicted octanol–water partition coefficient (Wildman–Crippen LogP) is 5.60. The number of carbonyl (C=O) groups excluding carboxylic acids is 2. The van der Waals surface area contributed by atoms with Crippen molar-refractivity contribution < 1.29 is 19.2 Å². The van der Waals surface area contributed by atoms with E-state index in [4.69, 9.17) is 4.74 Å². The minimum atomic E-state index is -0.513. The summed E-state index contributed by atoms with van der Waals surface area (Å²) in [7, 11) is 0. The van der Waals surface area contributed by atoms with E-state index in [2.05, 4.69) is 5.32 Å². The first-order valence-corrected chi connectivity index (χ1v) is 11.7. The van der Waals surface area contributed by atoms with Gasteiger partial charge in [0.15, 0.2) is 0 Å². The maximum atomic E-state index is 12.9. The first-order chi connectivity index (χ1) is 17.0. The summed E-state index contributed by atoms with van der Waals surface area (Å²) in [5, 5.41) is 14.9. The number of nitro benzene ring substituents is 1. The number of anilines is 3. The molecule has 0 bridgehead atoms. The standard InChI is InChI=1S/C27H25N3O5/c31-26-22-8-4-5-9-23(22)27(32)29(26)20-12-15-24(25(16-20)30(33)34)28-19-10-13-21(14-11-19)35-17-18-6-2-1-3-7-18/h1-3,6-7,10-16,22-23,28H,4-5,8-9,17H2/t22-,23+. The van der Waals surface area contributed by atoms with Crippen molar-refractivity contribution in [1.29, 1.82) is 0 Å². The molecule has 0 unspecified atom stereocenters. The molecule has 2 atom stereocenters. The van der Waals surface area contributed by atoms with Crippen LogP contribution >= 0.6 is 0 Å². The normalized spacial score (nSPS) is 19.4. The molecule has 0 spiro atoms. The van der Waals surface area contributed by atoms with Gasteiger partial charge in [0.1, 0.15) is 18.0 Å². The molecule has 35 heavy (non-hydrogen) atoms. The second-order valence-corrected chi connectivity index (χ2v) is 8.89. The van der Waals surface area contributed by atoms with E-state index in [1.807, 2.05) is 30.3 Å². The van der Waals surface area contributed by atoms with Crippen molar-refractivity contribution in [2.75, 3.05) is 10.2 Å². The highest BCUT2D eigenvalue weighted by atomic mass is 16.6. The molecule has 2 aliphatic rings. The number of amides is 2. The fraction of sp³-hybridized carbons (Fsp3) is 0.259. The van der Waals surface area contributed by atoms with Gasteiger partial charge in [-0.3, -0.25) is 19.7 Å². The summed E-state index contributed by atoms with van der Waals surface area (Å²) in [4.78, 5) is 38.2. The van der Waals surface area contributed by atoms with Gasteiger partial charge in [0.2, 0.25) is 11.8 Å². The first-order valence-electron chi connectivity index (χ1n) is 11.7. The van der Waals surface area contributed by atoms with Gasteiger partial charge in [-0.15, -0.1) is 0 Å².